The summed E-state index contributed by atoms with van der Waals surface area (Å²) in [6.45, 7) is 23.9. The lowest BCUT2D eigenvalue weighted by Crippen LogP contribution is -2.52. The molecule has 2 aromatic rings. The second kappa shape index (κ2) is 17.4. The number of rotatable bonds is 17. The molecule has 1 aliphatic heterocycles. The van der Waals surface area contributed by atoms with Crippen molar-refractivity contribution >= 4 is 20.3 Å². The smallest absolute Gasteiger partial charge is 0.416 e. The molecule has 1 saturated heterocycles. The minimum Gasteiger partial charge on any atom is -0.447 e. The predicted molar refractivity (Wildman–Crippen MR) is 190 cm³/mol. The molecule has 1 fully saturated rings. The Kier molecular flexibility index (Phi) is 14.3. The molecule has 6 nitrogen and oxygen atoms in total. The minimum atomic E-state index is -2.18. The van der Waals surface area contributed by atoms with Gasteiger partial charge in [-0.05, 0) is 53.4 Å². The molecule has 3 rings (SSSR count). The zero-order valence-electron chi connectivity index (χ0n) is 30.0. The summed E-state index contributed by atoms with van der Waals surface area (Å²) in [6, 6.07) is 19.9. The number of hydrogen-bond donors (Lipinski definition) is 0. The fraction of sp³-hybridized carbons (Fsp3) is 0.590. The van der Waals surface area contributed by atoms with Gasteiger partial charge in [0.15, 0.2) is 0 Å². The van der Waals surface area contributed by atoms with Gasteiger partial charge in [0.05, 0.1) is 25.4 Å². The van der Waals surface area contributed by atoms with E-state index >= 15 is 0 Å². The second-order valence-electron chi connectivity index (χ2n) is 14.5. The van der Waals surface area contributed by atoms with Gasteiger partial charge >= 0.3 is 6.09 Å². The van der Waals surface area contributed by atoms with E-state index in [1.54, 1.807) is 0 Å². The molecule has 0 aromatic heterocycles. The molecule has 2 amide bonds. The molecule has 2 aromatic carbocycles. The van der Waals surface area contributed by atoms with E-state index in [9.17, 15) is 9.59 Å². The molecule has 254 valence electrons. The van der Waals surface area contributed by atoms with Crippen LogP contribution < -0.4 is 0 Å². The van der Waals surface area contributed by atoms with E-state index in [0.717, 1.165) is 16.7 Å². The molecule has 0 aliphatic carbocycles. The molecule has 5 atom stereocenters. The normalized spacial score (nSPS) is 18.6. The molecule has 0 saturated carbocycles. The van der Waals surface area contributed by atoms with Crippen molar-refractivity contribution < 1.29 is 23.5 Å². The highest BCUT2D eigenvalue weighted by molar-refractivity contribution is 6.77. The minimum absolute atomic E-state index is 0.0283. The zero-order valence-corrected chi connectivity index (χ0v) is 31.0. The maximum atomic E-state index is 13.6. The third kappa shape index (κ3) is 9.65. The van der Waals surface area contributed by atoms with Gasteiger partial charge in [-0.25, -0.2) is 9.69 Å². The van der Waals surface area contributed by atoms with E-state index in [2.05, 4.69) is 80.5 Å². The summed E-state index contributed by atoms with van der Waals surface area (Å²) in [6.07, 6.45) is 2.87. The zero-order chi connectivity index (χ0) is 34.0. The molecule has 0 bridgehead atoms. The van der Waals surface area contributed by atoms with Crippen LogP contribution in [0.2, 0.25) is 16.6 Å². The topological polar surface area (TPSA) is 65.1 Å². The molecular formula is C39H59NO5Si. The standard InChI is InChI=1S/C39H59NO5Si/c1-27(2)46(28(3)4,29(5)6)45-37(33(10)24-43-25-35-19-15-12-16-20-35)31(8)21-30(7)22-32(9)38(41)40-36(26-44-39(40)42)23-34-17-13-11-14-18-34/h11-21,27-29,31-33,36-37H,22-26H2,1-10H3/b30-21-/t31-,32-,33-,36+,37+/m1/s1. The summed E-state index contributed by atoms with van der Waals surface area (Å²) in [5.41, 5.74) is 4.76. The number of carbonyl (C=O) groups excluding carboxylic acids is 2. The van der Waals surface area contributed by atoms with Crippen molar-refractivity contribution in [3.8, 4) is 0 Å². The Morgan fingerprint density at radius 2 is 1.43 bits per heavy atom. The van der Waals surface area contributed by atoms with Gasteiger partial charge in [-0.1, -0.05) is 135 Å². The molecule has 46 heavy (non-hydrogen) atoms. The van der Waals surface area contributed by atoms with Crippen molar-refractivity contribution in [1.29, 1.82) is 0 Å². The first-order chi connectivity index (χ1) is 21.8. The van der Waals surface area contributed by atoms with Crippen LogP contribution >= 0.6 is 0 Å². The maximum absolute atomic E-state index is 13.6. The van der Waals surface area contributed by atoms with Crippen LogP contribution in [0, 0.1) is 17.8 Å². The molecule has 0 spiro atoms. The highest BCUT2D eigenvalue weighted by Gasteiger charge is 2.48. The SMILES string of the molecule is C/C(=C/[C@@H](C)[C@H](O[Si](C(C)C)(C(C)C)C(C)C)[C@H](C)COCc1ccccc1)C[C@@H](C)C(=O)N1C(=O)OC[C@@H]1Cc1ccccc1. The van der Waals surface area contributed by atoms with E-state index in [0.29, 0.717) is 42.7 Å². The summed E-state index contributed by atoms with van der Waals surface area (Å²) in [7, 11) is -2.18. The van der Waals surface area contributed by atoms with E-state index in [1.807, 2.05) is 55.5 Å². The fourth-order valence-electron chi connectivity index (χ4n) is 7.60. The Morgan fingerprint density at radius 3 is 1.98 bits per heavy atom. The lowest BCUT2D eigenvalue weighted by molar-refractivity contribution is -0.132. The molecule has 0 unspecified atom stereocenters. The first-order valence-corrected chi connectivity index (χ1v) is 19.4. The van der Waals surface area contributed by atoms with Gasteiger partial charge in [0.1, 0.15) is 6.61 Å². The van der Waals surface area contributed by atoms with Crippen LogP contribution in [0.4, 0.5) is 4.79 Å². The number of carbonyl (C=O) groups is 2. The number of allylic oxidation sites excluding steroid dienone is 1. The van der Waals surface area contributed by atoms with Crippen molar-refractivity contribution in [2.45, 2.75) is 117 Å². The Hall–Kier alpha value is -2.74. The van der Waals surface area contributed by atoms with Crippen LogP contribution in [-0.2, 0) is 31.7 Å². The molecule has 0 N–H and O–H groups in total. The quantitative estimate of drug-likeness (QED) is 0.126. The number of amides is 2. The highest BCUT2D eigenvalue weighted by Crippen LogP contribution is 2.45. The Balaban J connectivity index is 1.77. The van der Waals surface area contributed by atoms with Gasteiger partial charge in [0.25, 0.3) is 0 Å². The van der Waals surface area contributed by atoms with Gasteiger partial charge in [-0.15, -0.1) is 0 Å². The number of cyclic esters (lactones) is 1. The molecule has 1 aliphatic rings. The van der Waals surface area contributed by atoms with Crippen LogP contribution in [0.25, 0.3) is 0 Å². The lowest BCUT2D eigenvalue weighted by atomic mass is 9.90. The van der Waals surface area contributed by atoms with Crippen molar-refractivity contribution in [2.75, 3.05) is 13.2 Å². The van der Waals surface area contributed by atoms with Gasteiger partial charge in [0, 0.05) is 11.8 Å². The number of benzene rings is 2. The van der Waals surface area contributed by atoms with Crippen molar-refractivity contribution in [1.82, 2.24) is 4.90 Å². The van der Waals surface area contributed by atoms with Crippen molar-refractivity contribution in [3.63, 3.8) is 0 Å². The monoisotopic (exact) mass is 649 g/mol. The number of ether oxygens (including phenoxy) is 2. The molecule has 0 radical (unpaired) electrons. The first-order valence-electron chi connectivity index (χ1n) is 17.3. The predicted octanol–water partition coefficient (Wildman–Crippen LogP) is 9.60. The summed E-state index contributed by atoms with van der Waals surface area (Å²) in [5, 5.41) is 0. The lowest BCUT2D eigenvalue weighted by Gasteiger charge is -2.47. The summed E-state index contributed by atoms with van der Waals surface area (Å²) >= 11 is 0. The Labute approximate surface area is 280 Å². The van der Waals surface area contributed by atoms with Crippen LogP contribution in [0.15, 0.2) is 72.3 Å². The summed E-state index contributed by atoms with van der Waals surface area (Å²) in [4.78, 5) is 27.6. The third-order valence-corrected chi connectivity index (χ3v) is 15.8. The third-order valence-electron chi connectivity index (χ3n) is 9.73. The van der Waals surface area contributed by atoms with Crippen LogP contribution in [0.3, 0.4) is 0 Å². The summed E-state index contributed by atoms with van der Waals surface area (Å²) < 4.78 is 19.0. The number of imide groups is 1. The van der Waals surface area contributed by atoms with Gasteiger partial charge in [-0.3, -0.25) is 4.79 Å². The Morgan fingerprint density at radius 1 is 0.891 bits per heavy atom. The average Bonchev–Trinajstić information content (AvgIpc) is 3.36. The fourth-order valence-corrected chi connectivity index (χ4v) is 13.3. The largest absolute Gasteiger partial charge is 0.447 e. The maximum Gasteiger partial charge on any atom is 0.416 e. The molecule has 7 heteroatoms. The van der Waals surface area contributed by atoms with Gasteiger partial charge in [-0.2, -0.15) is 0 Å². The van der Waals surface area contributed by atoms with Gasteiger partial charge in [0.2, 0.25) is 14.2 Å². The molecular weight excluding hydrogens is 591 g/mol. The Bertz CT molecular complexity index is 1240. The summed E-state index contributed by atoms with van der Waals surface area (Å²) in [5.74, 6) is -0.245. The van der Waals surface area contributed by atoms with Crippen LogP contribution in [0.5, 0.6) is 0 Å². The van der Waals surface area contributed by atoms with Crippen molar-refractivity contribution in [2.24, 2.45) is 17.8 Å². The number of hydrogen-bond acceptors (Lipinski definition) is 5. The van der Waals surface area contributed by atoms with E-state index in [1.165, 1.54) is 4.90 Å². The second-order valence-corrected chi connectivity index (χ2v) is 19.9. The van der Waals surface area contributed by atoms with E-state index in [4.69, 9.17) is 13.9 Å². The molecule has 1 heterocycles. The van der Waals surface area contributed by atoms with Crippen LogP contribution in [-0.4, -0.2) is 50.6 Å². The van der Waals surface area contributed by atoms with Crippen molar-refractivity contribution in [3.05, 3.63) is 83.4 Å². The van der Waals surface area contributed by atoms with E-state index in [-0.39, 0.29) is 42.4 Å². The first kappa shape index (κ1) is 37.7. The van der Waals surface area contributed by atoms with Gasteiger partial charge < -0.3 is 13.9 Å². The highest BCUT2D eigenvalue weighted by atomic mass is 28.4. The number of nitrogens with zero attached hydrogens (tertiary/aromatic N) is 1. The van der Waals surface area contributed by atoms with E-state index < -0.39 is 14.4 Å². The average molecular weight is 650 g/mol. The van der Waals surface area contributed by atoms with Crippen LogP contribution in [0.1, 0.15) is 86.8 Å².